The topological polar surface area (TPSA) is 12.9 Å². The summed E-state index contributed by atoms with van der Waals surface area (Å²) in [5.74, 6) is -0.412. The maximum Gasteiger partial charge on any atom is 0.123 e. The largest absolute Gasteiger partial charge is 0.256 e. The average Bonchev–Trinajstić information content (AvgIpc) is 2.45. The molecule has 1 aromatic heterocycles. The molecule has 0 radical (unpaired) electrons. The normalized spacial score (nSPS) is 14.0. The van der Waals surface area contributed by atoms with E-state index < -0.39 is 14.4 Å². The summed E-state index contributed by atoms with van der Waals surface area (Å²) in [5, 5.41) is 1.05. The number of hydrogen-bond donors (Lipinski definition) is 0. The number of rotatable bonds is 4. The van der Waals surface area contributed by atoms with Gasteiger partial charge in [0.25, 0.3) is 0 Å². The van der Waals surface area contributed by atoms with Crippen molar-refractivity contribution in [2.75, 3.05) is 0 Å². The van der Waals surface area contributed by atoms with Crippen LogP contribution in [0.5, 0.6) is 0 Å². The number of hydrogen-bond acceptors (Lipinski definition) is 1. The Kier molecular flexibility index (Phi) is 4.07. The van der Waals surface area contributed by atoms with E-state index in [9.17, 15) is 4.39 Å². The standard InChI is InChI=1S/C19H26FNSi/c1-13(2)9-15-11-18(21-12-19(15)22(4,5)6)17-8-7-16(20)10-14(17)3/h7-8,10-13H,9H2,1-6H3/i9D2. The highest BCUT2D eigenvalue weighted by Crippen LogP contribution is 2.24. The van der Waals surface area contributed by atoms with Crippen molar-refractivity contribution in [3.8, 4) is 11.3 Å². The minimum atomic E-state index is -1.74. The quantitative estimate of drug-likeness (QED) is 0.728. The highest BCUT2D eigenvalue weighted by molar-refractivity contribution is 6.89. The molecule has 1 heterocycles. The van der Waals surface area contributed by atoms with Crippen LogP contribution in [0, 0.1) is 18.7 Å². The third-order valence-electron chi connectivity index (χ3n) is 3.62. The monoisotopic (exact) mass is 317 g/mol. The second kappa shape index (κ2) is 6.33. The molecule has 0 saturated carbocycles. The zero-order valence-electron chi connectivity index (χ0n) is 16.3. The van der Waals surface area contributed by atoms with Gasteiger partial charge < -0.3 is 0 Å². The Hall–Kier alpha value is -1.48. The van der Waals surface area contributed by atoms with Crippen LogP contribution in [0.2, 0.25) is 19.6 Å². The number of aromatic nitrogens is 1. The van der Waals surface area contributed by atoms with E-state index >= 15 is 0 Å². The van der Waals surface area contributed by atoms with Gasteiger partial charge in [-0.3, -0.25) is 4.98 Å². The van der Waals surface area contributed by atoms with Gasteiger partial charge in [-0.05, 0) is 59.8 Å². The van der Waals surface area contributed by atoms with E-state index in [1.54, 1.807) is 6.07 Å². The maximum absolute atomic E-state index is 13.4. The molecule has 22 heavy (non-hydrogen) atoms. The van der Waals surface area contributed by atoms with Gasteiger partial charge in [0.15, 0.2) is 0 Å². The van der Waals surface area contributed by atoms with Crippen LogP contribution in [0.25, 0.3) is 11.3 Å². The molecule has 0 saturated heterocycles. The number of benzene rings is 1. The summed E-state index contributed by atoms with van der Waals surface area (Å²) in [6, 6.07) is 6.50. The van der Waals surface area contributed by atoms with E-state index in [1.165, 1.54) is 12.1 Å². The third kappa shape index (κ3) is 3.83. The first kappa shape index (κ1) is 14.1. The second-order valence-corrected chi connectivity index (χ2v) is 12.2. The molecule has 1 aromatic carbocycles. The van der Waals surface area contributed by atoms with Crippen LogP contribution in [0.3, 0.4) is 0 Å². The predicted octanol–water partition coefficient (Wildman–Crippen LogP) is 4.94. The van der Waals surface area contributed by atoms with Gasteiger partial charge in [-0.25, -0.2) is 4.39 Å². The van der Waals surface area contributed by atoms with Crippen molar-refractivity contribution < 1.29 is 7.13 Å². The zero-order valence-corrected chi connectivity index (χ0v) is 15.3. The van der Waals surface area contributed by atoms with Crippen molar-refractivity contribution in [2.45, 2.75) is 46.8 Å². The summed E-state index contributed by atoms with van der Waals surface area (Å²) >= 11 is 0. The Balaban J connectivity index is 2.71. The van der Waals surface area contributed by atoms with Gasteiger partial charge >= 0.3 is 0 Å². The number of pyridine rings is 1. The summed E-state index contributed by atoms with van der Waals surface area (Å²) in [5.41, 5.74) is 3.08. The van der Waals surface area contributed by atoms with Crippen molar-refractivity contribution in [1.82, 2.24) is 4.98 Å². The van der Waals surface area contributed by atoms with Crippen LogP contribution in [0.4, 0.5) is 4.39 Å². The molecule has 0 amide bonds. The summed E-state index contributed by atoms with van der Waals surface area (Å²) in [6.07, 6.45) is 0.404. The molecular weight excluding hydrogens is 289 g/mol. The molecule has 118 valence electrons. The molecule has 0 N–H and O–H groups in total. The molecule has 0 unspecified atom stereocenters. The lowest BCUT2D eigenvalue weighted by Gasteiger charge is -2.22. The Morgan fingerprint density at radius 2 is 1.91 bits per heavy atom. The highest BCUT2D eigenvalue weighted by Gasteiger charge is 2.22. The Morgan fingerprint density at radius 3 is 2.45 bits per heavy atom. The average molecular weight is 318 g/mol. The lowest BCUT2D eigenvalue weighted by atomic mass is 9.99. The first-order chi connectivity index (χ1) is 10.9. The molecule has 0 aliphatic heterocycles. The Morgan fingerprint density at radius 1 is 1.23 bits per heavy atom. The molecule has 0 bridgehead atoms. The van der Waals surface area contributed by atoms with E-state index in [-0.39, 0.29) is 11.7 Å². The lowest BCUT2D eigenvalue weighted by molar-refractivity contribution is 0.627. The molecule has 0 aliphatic rings. The molecule has 0 aliphatic carbocycles. The van der Waals surface area contributed by atoms with E-state index in [4.69, 9.17) is 2.74 Å². The number of nitrogens with zero attached hydrogens (tertiary/aromatic N) is 1. The van der Waals surface area contributed by atoms with Crippen molar-refractivity contribution in [3.63, 3.8) is 0 Å². The van der Waals surface area contributed by atoms with Gasteiger partial charge in [-0.1, -0.05) is 33.5 Å². The van der Waals surface area contributed by atoms with Gasteiger partial charge in [0.1, 0.15) is 5.82 Å². The van der Waals surface area contributed by atoms with E-state index in [2.05, 4.69) is 24.6 Å². The van der Waals surface area contributed by atoms with Gasteiger partial charge in [-0.2, -0.15) is 0 Å². The zero-order chi connectivity index (χ0) is 18.3. The number of halogens is 1. The molecule has 0 spiro atoms. The van der Waals surface area contributed by atoms with Crippen LogP contribution < -0.4 is 5.19 Å². The predicted molar refractivity (Wildman–Crippen MR) is 95.9 cm³/mol. The Labute approximate surface area is 137 Å². The molecule has 2 rings (SSSR count). The molecule has 2 aromatic rings. The highest BCUT2D eigenvalue weighted by atomic mass is 28.3. The van der Waals surface area contributed by atoms with Crippen LogP contribution in [-0.2, 0) is 6.37 Å². The molecular formula is C19H26FNSi. The fourth-order valence-electron chi connectivity index (χ4n) is 2.55. The molecule has 0 atom stereocenters. The van der Waals surface area contributed by atoms with E-state index in [0.29, 0.717) is 5.69 Å². The van der Waals surface area contributed by atoms with Gasteiger partial charge in [0.05, 0.1) is 13.8 Å². The summed E-state index contributed by atoms with van der Waals surface area (Å²) in [6.45, 7) is 12.3. The second-order valence-electron chi connectivity index (χ2n) is 7.12. The first-order valence-electron chi connectivity index (χ1n) is 8.72. The SMILES string of the molecule is [2H]C([2H])(c1cc(-c2ccc(F)cc2C)ncc1[Si](C)(C)C)C(C)C. The minimum Gasteiger partial charge on any atom is -0.256 e. The summed E-state index contributed by atoms with van der Waals surface area (Å²) < 4.78 is 30.6. The Bertz CT molecular complexity index is 752. The summed E-state index contributed by atoms with van der Waals surface area (Å²) in [7, 11) is -1.74. The van der Waals surface area contributed by atoms with Crippen molar-refractivity contribution in [1.29, 1.82) is 0 Å². The van der Waals surface area contributed by atoms with Crippen molar-refractivity contribution in [3.05, 3.63) is 47.4 Å². The van der Waals surface area contributed by atoms with E-state index in [0.717, 1.165) is 21.9 Å². The van der Waals surface area contributed by atoms with Gasteiger partial charge in [0, 0.05) is 14.5 Å². The third-order valence-corrected chi connectivity index (χ3v) is 5.64. The van der Waals surface area contributed by atoms with Gasteiger partial charge in [0.2, 0.25) is 0 Å². The van der Waals surface area contributed by atoms with Crippen LogP contribution in [0.1, 0.15) is 27.7 Å². The van der Waals surface area contributed by atoms with Crippen molar-refractivity contribution in [2.24, 2.45) is 5.92 Å². The lowest BCUT2D eigenvalue weighted by Crippen LogP contribution is -2.40. The maximum atomic E-state index is 13.4. The molecule has 1 nitrogen and oxygen atoms in total. The molecule has 0 fully saturated rings. The van der Waals surface area contributed by atoms with E-state index in [1.807, 2.05) is 33.0 Å². The molecule has 3 heteroatoms. The van der Waals surface area contributed by atoms with Crippen molar-refractivity contribution >= 4 is 13.3 Å². The number of aryl methyl sites for hydroxylation is 1. The smallest absolute Gasteiger partial charge is 0.123 e. The van der Waals surface area contributed by atoms with Crippen LogP contribution in [0.15, 0.2) is 30.5 Å². The first-order valence-corrected chi connectivity index (χ1v) is 11.2. The fourth-order valence-corrected chi connectivity index (χ4v) is 3.95. The van der Waals surface area contributed by atoms with Crippen LogP contribution in [-0.4, -0.2) is 13.1 Å². The fraction of sp³-hybridized carbons (Fsp3) is 0.421. The minimum absolute atomic E-state index is 0.142. The van der Waals surface area contributed by atoms with Crippen LogP contribution >= 0.6 is 0 Å². The van der Waals surface area contributed by atoms with Gasteiger partial charge in [-0.15, -0.1) is 0 Å². The summed E-state index contributed by atoms with van der Waals surface area (Å²) in [4.78, 5) is 4.59.